The van der Waals surface area contributed by atoms with Crippen molar-refractivity contribution in [3.05, 3.63) is 16.1 Å². The van der Waals surface area contributed by atoms with Crippen molar-refractivity contribution >= 4 is 17.3 Å². The number of hydrogen-bond acceptors (Lipinski definition) is 5. The molecule has 0 aliphatic carbocycles. The van der Waals surface area contributed by atoms with E-state index < -0.39 is 0 Å². The van der Waals surface area contributed by atoms with E-state index in [2.05, 4.69) is 46.3 Å². The Bertz CT molecular complexity index is 504. The van der Waals surface area contributed by atoms with E-state index >= 15 is 0 Å². The number of thiazole rings is 1. The fraction of sp³-hybridized carbons (Fsp3) is 0.750. The van der Waals surface area contributed by atoms with Crippen molar-refractivity contribution in [2.45, 2.75) is 39.3 Å². The van der Waals surface area contributed by atoms with Crippen molar-refractivity contribution in [3.8, 4) is 0 Å². The van der Waals surface area contributed by atoms with Gasteiger partial charge in [-0.2, -0.15) is 0 Å². The molecule has 7 heteroatoms. The summed E-state index contributed by atoms with van der Waals surface area (Å²) in [6.45, 7) is 10.9. The number of hydrogen-bond donors (Lipinski definition) is 2. The summed E-state index contributed by atoms with van der Waals surface area (Å²) in [6.07, 6.45) is 2.85. The molecule has 1 saturated heterocycles. The molecule has 2 rings (SSSR count). The second-order valence-electron chi connectivity index (χ2n) is 6.01. The highest BCUT2D eigenvalue weighted by molar-refractivity contribution is 7.11. The Morgan fingerprint density at radius 1 is 1.57 bits per heavy atom. The van der Waals surface area contributed by atoms with Crippen LogP contribution in [0.2, 0.25) is 0 Å². The zero-order valence-electron chi connectivity index (χ0n) is 14.6. The SMILES string of the molecule is CN=C(NCCc1ncc(C)s1)NCC(C)N1CCOCC1C. The Morgan fingerprint density at radius 3 is 3.04 bits per heavy atom. The fourth-order valence-electron chi connectivity index (χ4n) is 2.78. The third kappa shape index (κ3) is 5.75. The molecule has 1 aromatic heterocycles. The Hall–Kier alpha value is -1.18. The molecule has 0 saturated carbocycles. The number of rotatable bonds is 6. The number of nitrogens with zero attached hydrogens (tertiary/aromatic N) is 3. The maximum atomic E-state index is 5.50. The lowest BCUT2D eigenvalue weighted by Crippen LogP contribution is -2.53. The van der Waals surface area contributed by atoms with Gasteiger partial charge in [0.25, 0.3) is 0 Å². The van der Waals surface area contributed by atoms with Crippen molar-refractivity contribution in [1.29, 1.82) is 0 Å². The van der Waals surface area contributed by atoms with Crippen molar-refractivity contribution in [2.75, 3.05) is 39.9 Å². The van der Waals surface area contributed by atoms with E-state index in [4.69, 9.17) is 4.74 Å². The molecule has 2 N–H and O–H groups in total. The van der Waals surface area contributed by atoms with Crippen molar-refractivity contribution in [3.63, 3.8) is 0 Å². The largest absolute Gasteiger partial charge is 0.379 e. The number of aryl methyl sites for hydroxylation is 1. The lowest BCUT2D eigenvalue weighted by molar-refractivity contribution is -0.0174. The number of ether oxygens (including phenoxy) is 1. The molecule has 0 spiro atoms. The molecule has 0 amide bonds. The van der Waals surface area contributed by atoms with Crippen LogP contribution >= 0.6 is 11.3 Å². The van der Waals surface area contributed by atoms with E-state index in [9.17, 15) is 0 Å². The fourth-order valence-corrected chi connectivity index (χ4v) is 3.57. The second-order valence-corrected chi connectivity index (χ2v) is 7.32. The van der Waals surface area contributed by atoms with Crippen LogP contribution in [0.25, 0.3) is 0 Å². The summed E-state index contributed by atoms with van der Waals surface area (Å²) in [6, 6.07) is 0.928. The Labute approximate surface area is 143 Å². The van der Waals surface area contributed by atoms with Gasteiger partial charge in [0, 0.05) is 56.3 Å². The first-order valence-electron chi connectivity index (χ1n) is 8.29. The minimum absolute atomic E-state index is 0.453. The number of aromatic nitrogens is 1. The van der Waals surface area contributed by atoms with E-state index in [0.717, 1.165) is 45.2 Å². The zero-order chi connectivity index (χ0) is 16.7. The van der Waals surface area contributed by atoms with Gasteiger partial charge in [0.15, 0.2) is 5.96 Å². The van der Waals surface area contributed by atoms with Crippen molar-refractivity contribution in [1.82, 2.24) is 20.5 Å². The van der Waals surface area contributed by atoms with Gasteiger partial charge < -0.3 is 15.4 Å². The molecule has 1 fully saturated rings. The topological polar surface area (TPSA) is 61.8 Å². The molecule has 2 unspecified atom stereocenters. The molecule has 130 valence electrons. The van der Waals surface area contributed by atoms with Crippen LogP contribution in [0.15, 0.2) is 11.2 Å². The molecule has 2 atom stereocenters. The molecule has 2 heterocycles. The summed E-state index contributed by atoms with van der Waals surface area (Å²) in [7, 11) is 1.81. The highest BCUT2D eigenvalue weighted by Gasteiger charge is 2.23. The smallest absolute Gasteiger partial charge is 0.191 e. The average Bonchev–Trinajstić information content (AvgIpc) is 2.96. The number of nitrogens with one attached hydrogen (secondary N) is 2. The quantitative estimate of drug-likeness (QED) is 0.604. The third-order valence-corrected chi connectivity index (χ3v) is 5.05. The highest BCUT2D eigenvalue weighted by atomic mass is 32.1. The first-order valence-corrected chi connectivity index (χ1v) is 9.11. The number of aliphatic imine (C=N–C) groups is 1. The minimum atomic E-state index is 0.453. The molecule has 1 aromatic rings. The van der Waals surface area contributed by atoms with E-state index in [1.807, 2.05) is 13.2 Å². The highest BCUT2D eigenvalue weighted by Crippen LogP contribution is 2.11. The standard InChI is InChI=1S/C16H29N5OS/c1-12(21-7-8-22-11-13(21)2)9-20-16(17-4)18-6-5-15-19-10-14(3)23-15/h10,12-13H,5-9,11H2,1-4H3,(H2,17,18,20). The first kappa shape index (κ1) is 18.2. The van der Waals surface area contributed by atoms with Crippen molar-refractivity contribution in [2.24, 2.45) is 4.99 Å². The molecule has 6 nitrogen and oxygen atoms in total. The van der Waals surface area contributed by atoms with Crippen LogP contribution in [0.3, 0.4) is 0 Å². The normalized spacial score (nSPS) is 21.2. The summed E-state index contributed by atoms with van der Waals surface area (Å²) in [4.78, 5) is 12.4. The maximum absolute atomic E-state index is 5.50. The zero-order valence-corrected chi connectivity index (χ0v) is 15.4. The van der Waals surface area contributed by atoms with Crippen LogP contribution in [0.4, 0.5) is 0 Å². The lowest BCUT2D eigenvalue weighted by Gasteiger charge is -2.38. The van der Waals surface area contributed by atoms with Gasteiger partial charge in [-0.3, -0.25) is 9.89 Å². The summed E-state index contributed by atoms with van der Waals surface area (Å²) < 4.78 is 5.50. The van der Waals surface area contributed by atoms with Gasteiger partial charge >= 0.3 is 0 Å². The van der Waals surface area contributed by atoms with Gasteiger partial charge in [-0.15, -0.1) is 11.3 Å². The van der Waals surface area contributed by atoms with Gasteiger partial charge in [0.1, 0.15) is 0 Å². The lowest BCUT2D eigenvalue weighted by atomic mass is 10.2. The predicted molar refractivity (Wildman–Crippen MR) is 96.4 cm³/mol. The maximum Gasteiger partial charge on any atom is 0.191 e. The molecule has 0 radical (unpaired) electrons. The van der Waals surface area contributed by atoms with E-state index in [0.29, 0.717) is 12.1 Å². The molecule has 0 aromatic carbocycles. The predicted octanol–water partition coefficient (Wildman–Crippen LogP) is 1.27. The summed E-state index contributed by atoms with van der Waals surface area (Å²) in [5.74, 6) is 0.853. The molecule has 23 heavy (non-hydrogen) atoms. The molecule has 1 aliphatic rings. The van der Waals surface area contributed by atoms with E-state index in [-0.39, 0.29) is 0 Å². The van der Waals surface area contributed by atoms with Gasteiger partial charge in [-0.05, 0) is 20.8 Å². The van der Waals surface area contributed by atoms with Gasteiger partial charge in [0.2, 0.25) is 0 Å². The van der Waals surface area contributed by atoms with Crippen LogP contribution in [-0.2, 0) is 11.2 Å². The molecular formula is C16H29N5OS. The third-order valence-electron chi connectivity index (χ3n) is 4.07. The average molecular weight is 340 g/mol. The number of morpholine rings is 1. The molecule has 0 bridgehead atoms. The first-order chi connectivity index (χ1) is 11.1. The second kappa shape index (κ2) is 9.20. The summed E-state index contributed by atoms with van der Waals surface area (Å²) in [5, 5.41) is 7.94. The number of guanidine groups is 1. The van der Waals surface area contributed by atoms with Crippen LogP contribution in [0, 0.1) is 6.92 Å². The summed E-state index contributed by atoms with van der Waals surface area (Å²) in [5.41, 5.74) is 0. The van der Waals surface area contributed by atoms with Gasteiger partial charge in [-0.1, -0.05) is 0 Å². The van der Waals surface area contributed by atoms with Gasteiger partial charge in [-0.25, -0.2) is 4.98 Å². The van der Waals surface area contributed by atoms with E-state index in [1.54, 1.807) is 11.3 Å². The molecule has 1 aliphatic heterocycles. The Morgan fingerprint density at radius 2 is 2.39 bits per heavy atom. The van der Waals surface area contributed by atoms with Crippen LogP contribution in [0.5, 0.6) is 0 Å². The Kier molecular flexibility index (Phi) is 7.26. The van der Waals surface area contributed by atoms with Gasteiger partial charge in [0.05, 0.1) is 18.2 Å². The van der Waals surface area contributed by atoms with Crippen molar-refractivity contribution < 1.29 is 4.74 Å². The van der Waals surface area contributed by atoms with Crippen LogP contribution in [-0.4, -0.2) is 67.8 Å². The van der Waals surface area contributed by atoms with Crippen LogP contribution < -0.4 is 10.6 Å². The Balaban J connectivity index is 1.69. The van der Waals surface area contributed by atoms with Crippen LogP contribution in [0.1, 0.15) is 23.7 Å². The van der Waals surface area contributed by atoms with E-state index in [1.165, 1.54) is 9.88 Å². The summed E-state index contributed by atoms with van der Waals surface area (Å²) >= 11 is 1.75. The molecular weight excluding hydrogens is 310 g/mol. The minimum Gasteiger partial charge on any atom is -0.379 e. The monoisotopic (exact) mass is 339 g/mol.